The highest BCUT2D eigenvalue weighted by Crippen LogP contribution is 2.56. The molecular weight excluding hydrogens is 198 g/mol. The molecule has 1 aliphatic heterocycles. The molecule has 0 N–H and O–H groups in total. The van der Waals surface area contributed by atoms with Crippen LogP contribution in [-0.2, 0) is 9.78 Å². The molecule has 8 heteroatoms. The Morgan fingerprint density at radius 1 is 1.00 bits per heavy atom. The first-order chi connectivity index (χ1) is 4.71. The van der Waals surface area contributed by atoms with Crippen molar-refractivity contribution in [1.82, 2.24) is 0 Å². The molecule has 1 saturated heterocycles. The normalized spacial score (nSPS) is 23.5. The second kappa shape index (κ2) is 1.96. The standard InChI is InChI=1S/C3ClF5O2/c4-2(5,6)1(10-11-1)3(7,8)9. The summed E-state index contributed by atoms with van der Waals surface area (Å²) in [6, 6.07) is 0. The molecule has 1 rings (SSSR count). The van der Waals surface area contributed by atoms with Gasteiger partial charge >= 0.3 is 17.3 Å². The average Bonchev–Trinajstić information content (AvgIpc) is 2.31. The van der Waals surface area contributed by atoms with Crippen molar-refractivity contribution < 1.29 is 31.7 Å². The van der Waals surface area contributed by atoms with E-state index in [0.29, 0.717) is 0 Å². The molecule has 0 aliphatic carbocycles. The first-order valence-electron chi connectivity index (χ1n) is 2.21. The van der Waals surface area contributed by atoms with E-state index in [1.807, 2.05) is 0 Å². The maximum absolute atomic E-state index is 11.9. The van der Waals surface area contributed by atoms with E-state index in [-0.39, 0.29) is 0 Å². The molecule has 0 aromatic carbocycles. The van der Waals surface area contributed by atoms with E-state index < -0.39 is 17.3 Å². The third-order valence-corrected chi connectivity index (χ3v) is 1.25. The largest absolute Gasteiger partial charge is 0.457 e. The zero-order chi connectivity index (χ0) is 8.91. The van der Waals surface area contributed by atoms with Crippen LogP contribution in [0.1, 0.15) is 0 Å². The lowest BCUT2D eigenvalue weighted by atomic mass is 10.3. The van der Waals surface area contributed by atoms with Gasteiger partial charge in [-0.2, -0.15) is 31.7 Å². The van der Waals surface area contributed by atoms with Crippen LogP contribution in [0.15, 0.2) is 0 Å². The Morgan fingerprint density at radius 2 is 1.36 bits per heavy atom. The van der Waals surface area contributed by atoms with Gasteiger partial charge < -0.3 is 0 Å². The molecule has 1 heterocycles. The Balaban J connectivity index is 2.85. The summed E-state index contributed by atoms with van der Waals surface area (Å²) in [6.07, 6.45) is -5.34. The van der Waals surface area contributed by atoms with Crippen molar-refractivity contribution in [3.63, 3.8) is 0 Å². The molecule has 11 heavy (non-hydrogen) atoms. The van der Waals surface area contributed by atoms with Crippen LogP contribution in [-0.4, -0.2) is 17.3 Å². The topological polar surface area (TPSA) is 25.1 Å². The van der Waals surface area contributed by atoms with E-state index in [4.69, 9.17) is 0 Å². The van der Waals surface area contributed by atoms with Crippen LogP contribution in [0.2, 0.25) is 0 Å². The predicted octanol–water partition coefficient (Wildman–Crippen LogP) is 2.04. The van der Waals surface area contributed by atoms with Crippen LogP contribution in [0.5, 0.6) is 0 Å². The van der Waals surface area contributed by atoms with Gasteiger partial charge in [-0.05, 0) is 11.6 Å². The molecule has 0 radical (unpaired) electrons. The lowest BCUT2D eigenvalue weighted by Crippen LogP contribution is -2.45. The lowest BCUT2D eigenvalue weighted by molar-refractivity contribution is -0.236. The summed E-state index contributed by atoms with van der Waals surface area (Å²) in [4.78, 5) is 6.24. The number of rotatable bonds is 1. The zero-order valence-corrected chi connectivity index (χ0v) is 5.34. The predicted molar refractivity (Wildman–Crippen MR) is 21.8 cm³/mol. The molecule has 0 amide bonds. The summed E-state index contributed by atoms with van der Waals surface area (Å²) < 4.78 is 58.4. The molecule has 66 valence electrons. The molecule has 1 aliphatic rings. The van der Waals surface area contributed by atoms with Gasteiger partial charge in [-0.1, -0.05) is 0 Å². The van der Waals surface area contributed by atoms with Crippen molar-refractivity contribution in [3.05, 3.63) is 0 Å². The average molecular weight is 198 g/mol. The van der Waals surface area contributed by atoms with Gasteiger partial charge in [0.05, 0.1) is 0 Å². The molecule has 0 saturated carbocycles. The molecule has 2 nitrogen and oxygen atoms in total. The summed E-state index contributed by atoms with van der Waals surface area (Å²) in [5, 5.41) is -4.61. The number of hydrogen-bond acceptors (Lipinski definition) is 2. The maximum atomic E-state index is 11.9. The number of halogens is 6. The lowest BCUT2D eigenvalue weighted by Gasteiger charge is -2.14. The number of alkyl halides is 6. The molecule has 0 spiro atoms. The van der Waals surface area contributed by atoms with E-state index in [9.17, 15) is 22.0 Å². The highest BCUT2D eigenvalue weighted by molar-refractivity contribution is 6.22. The van der Waals surface area contributed by atoms with E-state index in [0.717, 1.165) is 0 Å². The fourth-order valence-electron chi connectivity index (χ4n) is 0.391. The minimum absolute atomic E-state index is 3.12. The Bertz CT molecular complexity index is 152. The van der Waals surface area contributed by atoms with E-state index in [1.165, 1.54) is 0 Å². The first kappa shape index (κ1) is 8.95. The van der Waals surface area contributed by atoms with Crippen LogP contribution in [0, 0.1) is 0 Å². The van der Waals surface area contributed by atoms with Gasteiger partial charge in [0.2, 0.25) is 0 Å². The van der Waals surface area contributed by atoms with Gasteiger partial charge in [0.25, 0.3) is 0 Å². The number of hydrogen-bond donors (Lipinski definition) is 0. The molecule has 0 aromatic rings. The highest BCUT2D eigenvalue weighted by Gasteiger charge is 2.83. The molecular formula is C3ClF5O2. The van der Waals surface area contributed by atoms with E-state index >= 15 is 0 Å². The van der Waals surface area contributed by atoms with Crippen molar-refractivity contribution in [1.29, 1.82) is 0 Å². The van der Waals surface area contributed by atoms with Crippen LogP contribution in [0.3, 0.4) is 0 Å². The van der Waals surface area contributed by atoms with Crippen LogP contribution < -0.4 is 0 Å². The molecule has 1 fully saturated rings. The van der Waals surface area contributed by atoms with Crippen molar-refractivity contribution >= 4 is 11.6 Å². The summed E-state index contributed by atoms with van der Waals surface area (Å²) >= 11 is 4.07. The monoisotopic (exact) mass is 198 g/mol. The van der Waals surface area contributed by atoms with Crippen LogP contribution >= 0.6 is 11.6 Å². The smallest absolute Gasteiger partial charge is 0.181 e. The first-order valence-corrected chi connectivity index (χ1v) is 2.59. The van der Waals surface area contributed by atoms with Gasteiger partial charge in [0.15, 0.2) is 0 Å². The van der Waals surface area contributed by atoms with Crippen molar-refractivity contribution in [2.24, 2.45) is 0 Å². The highest BCUT2D eigenvalue weighted by atomic mass is 35.5. The Kier molecular flexibility index (Phi) is 1.60. The fraction of sp³-hybridized carbons (Fsp3) is 1.00. The van der Waals surface area contributed by atoms with Gasteiger partial charge in [0.1, 0.15) is 0 Å². The summed E-state index contributed by atoms with van der Waals surface area (Å²) in [6.45, 7) is 0. The van der Waals surface area contributed by atoms with Gasteiger partial charge in [-0.3, -0.25) is 0 Å². The molecule has 0 unspecified atom stereocenters. The second-order valence-corrected chi connectivity index (χ2v) is 2.25. The molecule has 0 aromatic heterocycles. The van der Waals surface area contributed by atoms with Crippen molar-refractivity contribution in [3.8, 4) is 0 Å². The van der Waals surface area contributed by atoms with Crippen molar-refractivity contribution in [2.45, 2.75) is 17.3 Å². The SMILES string of the molecule is FC(F)(F)C1(C(F)(F)Cl)OO1. The Labute approximate surface area is 61.8 Å². The van der Waals surface area contributed by atoms with Gasteiger partial charge in [-0.15, -0.1) is 0 Å². The minimum Gasteiger partial charge on any atom is -0.181 e. The summed E-state index contributed by atoms with van der Waals surface area (Å²) in [7, 11) is 0. The van der Waals surface area contributed by atoms with Crippen LogP contribution in [0.4, 0.5) is 22.0 Å². The van der Waals surface area contributed by atoms with E-state index in [1.54, 1.807) is 0 Å². The minimum atomic E-state index is -5.34. The van der Waals surface area contributed by atoms with Crippen molar-refractivity contribution in [2.75, 3.05) is 0 Å². The summed E-state index contributed by atoms with van der Waals surface area (Å²) in [5.41, 5.74) is 0. The Hall–Kier alpha value is -0.140. The van der Waals surface area contributed by atoms with E-state index in [2.05, 4.69) is 21.4 Å². The quantitative estimate of drug-likeness (QED) is 0.279. The van der Waals surface area contributed by atoms with Gasteiger partial charge in [0, 0.05) is 0 Å². The Morgan fingerprint density at radius 3 is 1.36 bits per heavy atom. The molecule has 0 bridgehead atoms. The fourth-order valence-corrected chi connectivity index (χ4v) is 0.562. The second-order valence-electron chi connectivity index (χ2n) is 1.78. The van der Waals surface area contributed by atoms with Crippen LogP contribution in [0.25, 0.3) is 0 Å². The third kappa shape index (κ3) is 1.17. The zero-order valence-electron chi connectivity index (χ0n) is 4.58. The third-order valence-electron chi connectivity index (χ3n) is 0.996. The molecule has 0 atom stereocenters. The van der Waals surface area contributed by atoms with Gasteiger partial charge in [-0.25, -0.2) is 0 Å². The summed E-state index contributed by atoms with van der Waals surface area (Å²) in [5.74, 6) is -3.94. The maximum Gasteiger partial charge on any atom is 0.457 e.